The van der Waals surface area contributed by atoms with Crippen LogP contribution < -0.4 is 10.6 Å². The Balaban J connectivity index is 1.63. The fourth-order valence-corrected chi connectivity index (χ4v) is 3.11. The third kappa shape index (κ3) is 5.64. The maximum atomic E-state index is 12.9. The van der Waals surface area contributed by atoms with Gasteiger partial charge in [0.15, 0.2) is 10.8 Å². The summed E-state index contributed by atoms with van der Waals surface area (Å²) in [6.07, 6.45) is 3.83. The number of anilines is 1. The Morgan fingerprint density at radius 1 is 1.24 bits per heavy atom. The van der Waals surface area contributed by atoms with Crippen molar-refractivity contribution in [1.82, 2.24) is 25.1 Å². The number of halogens is 1. The zero-order valence-corrected chi connectivity index (χ0v) is 17.1. The number of methoxy groups -OCH3 is 1. The first-order chi connectivity index (χ1) is 14.1. The molecule has 0 saturated carbocycles. The molecule has 0 aliphatic heterocycles. The molecular weight excluding hydrogens is 395 g/mol. The van der Waals surface area contributed by atoms with Crippen molar-refractivity contribution in [1.29, 1.82) is 0 Å². The summed E-state index contributed by atoms with van der Waals surface area (Å²) < 4.78 is 19.8. The zero-order chi connectivity index (χ0) is 20.6. The van der Waals surface area contributed by atoms with Gasteiger partial charge in [-0.15, -0.1) is 0 Å². The summed E-state index contributed by atoms with van der Waals surface area (Å²) in [6, 6.07) is 5.91. The topological polar surface area (TPSA) is 94.0 Å². The minimum absolute atomic E-state index is 0.130. The lowest BCUT2D eigenvalue weighted by Crippen LogP contribution is -2.28. The number of fused-ring (bicyclic) bond motifs is 1. The number of hydrogen-bond acceptors (Lipinski definition) is 7. The van der Waals surface area contributed by atoms with Crippen LogP contribution in [-0.4, -0.2) is 58.7 Å². The molecule has 0 aliphatic carbocycles. The first kappa shape index (κ1) is 21.0. The summed E-state index contributed by atoms with van der Waals surface area (Å²) in [5, 5.41) is 11.9. The normalized spacial score (nSPS) is 11.0. The third-order valence-corrected chi connectivity index (χ3v) is 4.73. The second-order valence-corrected chi connectivity index (χ2v) is 7.01. The van der Waals surface area contributed by atoms with Gasteiger partial charge in [0, 0.05) is 20.2 Å². The number of amides is 1. The van der Waals surface area contributed by atoms with Crippen LogP contribution in [0, 0.1) is 5.82 Å². The van der Waals surface area contributed by atoms with Crippen molar-refractivity contribution >= 4 is 34.5 Å². The molecule has 0 atom stereocenters. The Labute approximate surface area is 172 Å². The van der Waals surface area contributed by atoms with E-state index in [2.05, 4.69) is 25.7 Å². The quantitative estimate of drug-likeness (QED) is 0.296. The highest BCUT2D eigenvalue weighted by molar-refractivity contribution is 7.98. The number of aromatic nitrogens is 4. The molecular formula is C19H23FN6O2S. The van der Waals surface area contributed by atoms with Crippen LogP contribution in [0.1, 0.15) is 5.56 Å². The largest absolute Gasteiger partial charge is 0.383 e. The van der Waals surface area contributed by atoms with Crippen LogP contribution in [0.25, 0.3) is 11.0 Å². The van der Waals surface area contributed by atoms with Gasteiger partial charge in [0.05, 0.1) is 31.2 Å². The van der Waals surface area contributed by atoms with Gasteiger partial charge in [0.2, 0.25) is 5.91 Å². The number of hydrogen-bond donors (Lipinski definition) is 2. The van der Waals surface area contributed by atoms with Crippen molar-refractivity contribution < 1.29 is 13.9 Å². The maximum absolute atomic E-state index is 12.9. The molecule has 2 heterocycles. The molecule has 3 aromatic rings. The van der Waals surface area contributed by atoms with Gasteiger partial charge in [-0.3, -0.25) is 4.79 Å². The van der Waals surface area contributed by atoms with Crippen LogP contribution in [0.15, 0.2) is 35.6 Å². The molecule has 0 bridgehead atoms. The Hall–Kier alpha value is -2.72. The summed E-state index contributed by atoms with van der Waals surface area (Å²) in [5.41, 5.74) is 1.47. The molecule has 10 heteroatoms. The monoisotopic (exact) mass is 418 g/mol. The Bertz CT molecular complexity index is 963. The summed E-state index contributed by atoms with van der Waals surface area (Å²) in [6.45, 7) is 2.07. The summed E-state index contributed by atoms with van der Waals surface area (Å²) >= 11 is 1.45. The molecule has 1 aromatic carbocycles. The van der Waals surface area contributed by atoms with E-state index in [1.54, 1.807) is 30.1 Å². The number of nitrogens with zero attached hydrogens (tertiary/aromatic N) is 4. The van der Waals surface area contributed by atoms with Crippen LogP contribution in [0.4, 0.5) is 10.2 Å². The van der Waals surface area contributed by atoms with Crippen molar-refractivity contribution in [3.63, 3.8) is 0 Å². The summed E-state index contributed by atoms with van der Waals surface area (Å²) in [7, 11) is 1.65. The van der Waals surface area contributed by atoms with E-state index in [1.807, 2.05) is 6.26 Å². The van der Waals surface area contributed by atoms with Crippen LogP contribution in [0.2, 0.25) is 0 Å². The van der Waals surface area contributed by atoms with E-state index in [9.17, 15) is 9.18 Å². The van der Waals surface area contributed by atoms with E-state index in [4.69, 9.17) is 4.74 Å². The Kier molecular flexibility index (Phi) is 7.36. The first-order valence-electron chi connectivity index (χ1n) is 9.12. The van der Waals surface area contributed by atoms with Crippen LogP contribution >= 0.6 is 11.8 Å². The first-order valence-corrected chi connectivity index (χ1v) is 10.3. The van der Waals surface area contributed by atoms with Gasteiger partial charge in [-0.25, -0.2) is 19.0 Å². The molecule has 2 N–H and O–H groups in total. The molecule has 0 aliphatic rings. The molecule has 1 amide bonds. The highest BCUT2D eigenvalue weighted by atomic mass is 32.2. The van der Waals surface area contributed by atoms with Gasteiger partial charge in [-0.05, 0) is 24.0 Å². The molecule has 0 spiro atoms. The van der Waals surface area contributed by atoms with Crippen LogP contribution in [-0.2, 0) is 22.5 Å². The molecule has 0 unspecified atom stereocenters. The lowest BCUT2D eigenvalue weighted by molar-refractivity contribution is -0.120. The lowest BCUT2D eigenvalue weighted by atomic mass is 10.1. The highest BCUT2D eigenvalue weighted by Gasteiger charge is 2.13. The van der Waals surface area contributed by atoms with Crippen LogP contribution in [0.5, 0.6) is 0 Å². The number of nitrogens with one attached hydrogen (secondary N) is 2. The van der Waals surface area contributed by atoms with Gasteiger partial charge >= 0.3 is 0 Å². The predicted octanol–water partition coefficient (Wildman–Crippen LogP) is 2.10. The van der Waals surface area contributed by atoms with E-state index >= 15 is 0 Å². The minimum atomic E-state index is -0.317. The van der Waals surface area contributed by atoms with Crippen molar-refractivity contribution in [2.24, 2.45) is 0 Å². The van der Waals surface area contributed by atoms with Gasteiger partial charge < -0.3 is 15.4 Å². The minimum Gasteiger partial charge on any atom is -0.383 e. The average Bonchev–Trinajstić information content (AvgIpc) is 3.13. The Morgan fingerprint density at radius 2 is 2.03 bits per heavy atom. The van der Waals surface area contributed by atoms with E-state index < -0.39 is 0 Å². The molecule has 29 heavy (non-hydrogen) atoms. The molecule has 0 fully saturated rings. The standard InChI is InChI=1S/C19H23FN6O2S/c1-28-10-8-22-17-15-12-23-26(18(15)25-19(24-17)29-2)9-7-21-16(27)11-13-3-5-14(20)6-4-13/h3-6,12H,7-11H2,1-2H3,(H,21,27)(H,22,24,25). The van der Waals surface area contributed by atoms with Crippen molar-refractivity contribution in [2.45, 2.75) is 18.1 Å². The fourth-order valence-electron chi connectivity index (χ4n) is 2.75. The third-order valence-electron chi connectivity index (χ3n) is 4.18. The lowest BCUT2D eigenvalue weighted by Gasteiger charge is -2.09. The molecule has 154 valence electrons. The van der Waals surface area contributed by atoms with E-state index in [0.717, 1.165) is 10.9 Å². The van der Waals surface area contributed by atoms with Crippen LogP contribution in [0.3, 0.4) is 0 Å². The second kappa shape index (κ2) is 10.2. The van der Waals surface area contributed by atoms with E-state index in [-0.39, 0.29) is 18.1 Å². The second-order valence-electron chi connectivity index (χ2n) is 6.24. The van der Waals surface area contributed by atoms with E-state index in [0.29, 0.717) is 42.9 Å². The molecule has 8 nitrogen and oxygen atoms in total. The number of carbonyl (C=O) groups is 1. The molecule has 2 aromatic heterocycles. The van der Waals surface area contributed by atoms with Gasteiger partial charge in [-0.1, -0.05) is 23.9 Å². The van der Waals surface area contributed by atoms with Crippen molar-refractivity contribution in [3.05, 3.63) is 41.8 Å². The molecule has 0 radical (unpaired) electrons. The van der Waals surface area contributed by atoms with Gasteiger partial charge in [0.1, 0.15) is 11.6 Å². The summed E-state index contributed by atoms with van der Waals surface area (Å²) in [5.74, 6) is 0.264. The van der Waals surface area contributed by atoms with E-state index in [1.165, 1.54) is 23.9 Å². The number of ether oxygens (including phenoxy) is 1. The molecule has 3 rings (SSSR count). The number of benzene rings is 1. The SMILES string of the molecule is COCCNc1nc(SC)nc2c1cnn2CCNC(=O)Cc1ccc(F)cc1. The maximum Gasteiger partial charge on any atom is 0.224 e. The zero-order valence-electron chi connectivity index (χ0n) is 16.3. The number of carbonyl (C=O) groups excluding carboxylic acids is 1. The van der Waals surface area contributed by atoms with Gasteiger partial charge in [-0.2, -0.15) is 5.10 Å². The summed E-state index contributed by atoms with van der Waals surface area (Å²) in [4.78, 5) is 21.2. The average molecular weight is 418 g/mol. The molecule has 0 saturated heterocycles. The van der Waals surface area contributed by atoms with Gasteiger partial charge in [0.25, 0.3) is 0 Å². The fraction of sp³-hybridized carbons (Fsp3) is 0.368. The predicted molar refractivity (Wildman–Crippen MR) is 111 cm³/mol. The smallest absolute Gasteiger partial charge is 0.224 e. The highest BCUT2D eigenvalue weighted by Crippen LogP contribution is 2.23. The van der Waals surface area contributed by atoms with Crippen molar-refractivity contribution in [2.75, 3.05) is 38.4 Å². The van der Waals surface area contributed by atoms with Crippen molar-refractivity contribution in [3.8, 4) is 0 Å². The Morgan fingerprint density at radius 3 is 2.76 bits per heavy atom. The number of rotatable bonds is 10. The number of thioether (sulfide) groups is 1.